The highest BCUT2D eigenvalue weighted by Gasteiger charge is 2.22. The second kappa shape index (κ2) is 7.45. The van der Waals surface area contributed by atoms with Crippen molar-refractivity contribution >= 4 is 17.5 Å². The summed E-state index contributed by atoms with van der Waals surface area (Å²) in [5, 5.41) is 8.40. The van der Waals surface area contributed by atoms with Gasteiger partial charge in [0.05, 0.1) is 19.4 Å². The summed E-state index contributed by atoms with van der Waals surface area (Å²) in [5.74, 6) is 1.63. The van der Waals surface area contributed by atoms with E-state index in [9.17, 15) is 0 Å². The van der Waals surface area contributed by atoms with Crippen molar-refractivity contribution in [2.24, 2.45) is 0 Å². The summed E-state index contributed by atoms with van der Waals surface area (Å²) in [6.45, 7) is 11.3. The number of morpholine rings is 1. The van der Waals surface area contributed by atoms with Gasteiger partial charge in [0, 0.05) is 45.0 Å². The van der Waals surface area contributed by atoms with Crippen LogP contribution in [0.15, 0.2) is 24.4 Å². The number of anilines is 3. The number of aryl methyl sites for hydroxylation is 1. The first-order valence-electron chi connectivity index (χ1n) is 9.31. The van der Waals surface area contributed by atoms with Crippen LogP contribution in [0.1, 0.15) is 11.1 Å². The molecule has 26 heavy (non-hydrogen) atoms. The van der Waals surface area contributed by atoms with Crippen LogP contribution in [0.2, 0.25) is 0 Å². The van der Waals surface area contributed by atoms with Gasteiger partial charge in [-0.1, -0.05) is 12.1 Å². The Morgan fingerprint density at radius 2 is 1.62 bits per heavy atom. The van der Waals surface area contributed by atoms with Gasteiger partial charge in [-0.15, -0.1) is 5.10 Å². The molecule has 2 aliphatic heterocycles. The maximum atomic E-state index is 5.41. The third-order valence-electron chi connectivity index (χ3n) is 5.35. The Morgan fingerprint density at radius 1 is 0.885 bits per heavy atom. The smallest absolute Gasteiger partial charge is 0.247 e. The zero-order chi connectivity index (χ0) is 17.9. The maximum absolute atomic E-state index is 5.41. The SMILES string of the molecule is Cc1cccc(N2CCN(c3cnnc(N4CCOCC4)n3)CC2)c1C. The first-order valence-corrected chi connectivity index (χ1v) is 9.31. The molecule has 1 aromatic carbocycles. The molecular formula is C19H26N6O. The number of aromatic nitrogens is 3. The van der Waals surface area contributed by atoms with E-state index in [2.05, 4.69) is 56.9 Å². The lowest BCUT2D eigenvalue weighted by atomic mass is 10.1. The van der Waals surface area contributed by atoms with E-state index in [-0.39, 0.29) is 0 Å². The Labute approximate surface area is 154 Å². The van der Waals surface area contributed by atoms with Crippen molar-refractivity contribution in [1.29, 1.82) is 0 Å². The molecule has 0 saturated carbocycles. The predicted molar refractivity (Wildman–Crippen MR) is 103 cm³/mol. The fourth-order valence-electron chi connectivity index (χ4n) is 3.59. The van der Waals surface area contributed by atoms with Crippen molar-refractivity contribution in [3.8, 4) is 0 Å². The number of nitrogens with zero attached hydrogens (tertiary/aromatic N) is 6. The quantitative estimate of drug-likeness (QED) is 0.831. The van der Waals surface area contributed by atoms with Crippen molar-refractivity contribution in [1.82, 2.24) is 15.2 Å². The molecule has 0 bridgehead atoms. The van der Waals surface area contributed by atoms with Crippen LogP contribution < -0.4 is 14.7 Å². The predicted octanol–water partition coefficient (Wildman–Crippen LogP) is 1.65. The van der Waals surface area contributed by atoms with Crippen LogP contribution in [-0.2, 0) is 4.74 Å². The van der Waals surface area contributed by atoms with E-state index >= 15 is 0 Å². The molecule has 2 saturated heterocycles. The number of hydrogen-bond acceptors (Lipinski definition) is 7. The van der Waals surface area contributed by atoms with Crippen LogP contribution in [-0.4, -0.2) is 67.7 Å². The Bertz CT molecular complexity index is 753. The number of benzene rings is 1. The first kappa shape index (κ1) is 17.0. The average molecular weight is 354 g/mol. The van der Waals surface area contributed by atoms with Gasteiger partial charge in [0.2, 0.25) is 5.95 Å². The van der Waals surface area contributed by atoms with Gasteiger partial charge < -0.3 is 19.4 Å². The molecule has 0 unspecified atom stereocenters. The molecule has 0 radical (unpaired) electrons. The third-order valence-corrected chi connectivity index (χ3v) is 5.35. The molecular weight excluding hydrogens is 328 g/mol. The number of hydrogen-bond donors (Lipinski definition) is 0. The highest BCUT2D eigenvalue weighted by atomic mass is 16.5. The van der Waals surface area contributed by atoms with Crippen LogP contribution in [0.5, 0.6) is 0 Å². The van der Waals surface area contributed by atoms with Gasteiger partial charge in [0.25, 0.3) is 0 Å². The van der Waals surface area contributed by atoms with E-state index in [1.165, 1.54) is 16.8 Å². The number of piperazine rings is 1. The molecule has 0 N–H and O–H groups in total. The Kier molecular flexibility index (Phi) is 4.88. The van der Waals surface area contributed by atoms with Crippen molar-refractivity contribution in [2.45, 2.75) is 13.8 Å². The van der Waals surface area contributed by atoms with E-state index in [0.717, 1.165) is 58.3 Å². The van der Waals surface area contributed by atoms with Crippen molar-refractivity contribution in [2.75, 3.05) is 67.2 Å². The molecule has 2 aliphatic rings. The molecule has 7 nitrogen and oxygen atoms in total. The molecule has 0 spiro atoms. The van der Waals surface area contributed by atoms with Gasteiger partial charge in [-0.05, 0) is 31.0 Å². The molecule has 4 rings (SSSR count). The topological polar surface area (TPSA) is 57.6 Å². The van der Waals surface area contributed by atoms with Crippen LogP contribution in [0, 0.1) is 13.8 Å². The lowest BCUT2D eigenvalue weighted by molar-refractivity contribution is 0.122. The largest absolute Gasteiger partial charge is 0.378 e. The second-order valence-electron chi connectivity index (χ2n) is 6.91. The fourth-order valence-corrected chi connectivity index (χ4v) is 3.59. The molecule has 0 amide bonds. The number of ether oxygens (including phenoxy) is 1. The minimum Gasteiger partial charge on any atom is -0.378 e. The normalized spacial score (nSPS) is 18.3. The second-order valence-corrected chi connectivity index (χ2v) is 6.91. The van der Waals surface area contributed by atoms with Crippen molar-refractivity contribution in [3.63, 3.8) is 0 Å². The monoisotopic (exact) mass is 354 g/mol. The third kappa shape index (κ3) is 3.44. The standard InChI is InChI=1S/C19H26N6O/c1-15-4-3-5-17(16(15)2)23-6-8-24(9-7-23)18-14-20-22-19(21-18)25-10-12-26-13-11-25/h3-5,14H,6-13H2,1-2H3. The van der Waals surface area contributed by atoms with E-state index < -0.39 is 0 Å². The summed E-state index contributed by atoms with van der Waals surface area (Å²) in [7, 11) is 0. The Balaban J connectivity index is 1.44. The van der Waals surface area contributed by atoms with Crippen LogP contribution >= 0.6 is 0 Å². The molecule has 0 aliphatic carbocycles. The fraction of sp³-hybridized carbons (Fsp3) is 0.526. The lowest BCUT2D eigenvalue weighted by Crippen LogP contribution is -2.47. The highest BCUT2D eigenvalue weighted by molar-refractivity contribution is 5.57. The van der Waals surface area contributed by atoms with Crippen molar-refractivity contribution in [3.05, 3.63) is 35.5 Å². The molecule has 3 heterocycles. The molecule has 0 atom stereocenters. The van der Waals surface area contributed by atoms with Gasteiger partial charge in [-0.25, -0.2) is 0 Å². The summed E-state index contributed by atoms with van der Waals surface area (Å²) in [5.41, 5.74) is 4.07. The minimum atomic E-state index is 0.711. The highest BCUT2D eigenvalue weighted by Crippen LogP contribution is 2.25. The zero-order valence-corrected chi connectivity index (χ0v) is 15.6. The van der Waals surface area contributed by atoms with Crippen LogP contribution in [0.3, 0.4) is 0 Å². The molecule has 138 valence electrons. The van der Waals surface area contributed by atoms with Crippen LogP contribution in [0.4, 0.5) is 17.5 Å². The van der Waals surface area contributed by atoms with E-state index in [1.807, 2.05) is 0 Å². The van der Waals surface area contributed by atoms with E-state index in [1.54, 1.807) is 6.20 Å². The summed E-state index contributed by atoms with van der Waals surface area (Å²) in [4.78, 5) is 11.7. The zero-order valence-electron chi connectivity index (χ0n) is 15.6. The average Bonchev–Trinajstić information content (AvgIpc) is 2.71. The minimum absolute atomic E-state index is 0.711. The molecule has 2 fully saturated rings. The summed E-state index contributed by atoms with van der Waals surface area (Å²) < 4.78 is 5.41. The molecule has 2 aromatic rings. The molecule has 1 aromatic heterocycles. The van der Waals surface area contributed by atoms with Gasteiger partial charge in [0.15, 0.2) is 5.82 Å². The van der Waals surface area contributed by atoms with Gasteiger partial charge in [-0.2, -0.15) is 10.1 Å². The summed E-state index contributed by atoms with van der Waals surface area (Å²) in [6, 6.07) is 6.54. The Morgan fingerprint density at radius 3 is 2.38 bits per heavy atom. The van der Waals surface area contributed by atoms with Gasteiger partial charge >= 0.3 is 0 Å². The van der Waals surface area contributed by atoms with Gasteiger partial charge in [-0.3, -0.25) is 0 Å². The lowest BCUT2D eigenvalue weighted by Gasteiger charge is -2.37. The number of rotatable bonds is 3. The summed E-state index contributed by atoms with van der Waals surface area (Å²) in [6.07, 6.45) is 1.78. The Hall–Kier alpha value is -2.41. The van der Waals surface area contributed by atoms with E-state index in [4.69, 9.17) is 9.72 Å². The van der Waals surface area contributed by atoms with E-state index in [0.29, 0.717) is 5.95 Å². The summed E-state index contributed by atoms with van der Waals surface area (Å²) >= 11 is 0. The molecule has 7 heteroatoms. The maximum Gasteiger partial charge on any atom is 0.247 e. The van der Waals surface area contributed by atoms with Crippen LogP contribution in [0.25, 0.3) is 0 Å². The van der Waals surface area contributed by atoms with Crippen molar-refractivity contribution < 1.29 is 4.74 Å². The van der Waals surface area contributed by atoms with Gasteiger partial charge in [0.1, 0.15) is 0 Å². The first-order chi connectivity index (χ1) is 12.7.